The van der Waals surface area contributed by atoms with Crippen molar-refractivity contribution in [2.24, 2.45) is 4.99 Å². The second-order valence-electron chi connectivity index (χ2n) is 6.65. The standard InChI is InChI=1S/C17H24IN4O/c1-11(20-16-8-18-16)14-3-2-4-15(17(14)23)19-5-6-22-9-12-7-13(10-22)21-12/h3,5-6,12-13,16,19,21,23H,2,4,7-10H2,1H3/q-1. The van der Waals surface area contributed by atoms with Crippen LogP contribution in [-0.4, -0.2) is 49.4 Å². The summed E-state index contributed by atoms with van der Waals surface area (Å²) >= 11 is 0.324. The number of aliphatic imine (C=N–C) groups is 1. The number of aliphatic hydroxyl groups is 1. The molecule has 3 unspecified atom stereocenters. The molecule has 3 N–H and O–H groups in total. The van der Waals surface area contributed by atoms with Gasteiger partial charge in [-0.3, -0.25) is 0 Å². The fourth-order valence-corrected chi connectivity index (χ4v) is 4.54. The third-order valence-corrected chi connectivity index (χ3v) is 6.74. The zero-order chi connectivity index (χ0) is 15.8. The van der Waals surface area contributed by atoms with Gasteiger partial charge in [-0.15, -0.1) is 0 Å². The van der Waals surface area contributed by atoms with Crippen molar-refractivity contribution in [1.82, 2.24) is 15.5 Å². The number of fused-ring (bicyclic) bond motifs is 2. The fourth-order valence-electron chi connectivity index (χ4n) is 3.50. The van der Waals surface area contributed by atoms with E-state index in [9.17, 15) is 5.11 Å². The molecule has 4 aliphatic heterocycles. The Balaban J connectivity index is 1.38. The van der Waals surface area contributed by atoms with Crippen LogP contribution in [0.2, 0.25) is 0 Å². The topological polar surface area (TPSA) is 59.9 Å². The molecule has 0 spiro atoms. The Bertz CT molecular complexity index is 590. The number of nitrogens with zero attached hydrogens (tertiary/aromatic N) is 2. The zero-order valence-electron chi connectivity index (χ0n) is 13.4. The molecule has 0 saturated carbocycles. The number of allylic oxidation sites excluding steroid dienone is 3. The van der Waals surface area contributed by atoms with Gasteiger partial charge in [0.25, 0.3) is 0 Å². The van der Waals surface area contributed by atoms with Gasteiger partial charge < -0.3 is 5.32 Å². The molecule has 3 atom stereocenters. The summed E-state index contributed by atoms with van der Waals surface area (Å²) in [5.41, 5.74) is 2.83. The Kier molecular flexibility index (Phi) is 4.36. The van der Waals surface area contributed by atoms with Crippen molar-refractivity contribution in [2.45, 2.75) is 42.3 Å². The Morgan fingerprint density at radius 2 is 2.22 bits per heavy atom. The van der Waals surface area contributed by atoms with Gasteiger partial charge in [0.2, 0.25) is 0 Å². The van der Waals surface area contributed by atoms with Crippen molar-refractivity contribution in [3.8, 4) is 0 Å². The van der Waals surface area contributed by atoms with Crippen LogP contribution in [0.1, 0.15) is 26.2 Å². The number of piperazine rings is 1. The third kappa shape index (κ3) is 3.57. The van der Waals surface area contributed by atoms with Crippen LogP contribution in [0, 0.1) is 0 Å². The number of nitrogens with one attached hydrogen (secondary N) is 2. The van der Waals surface area contributed by atoms with E-state index in [1.165, 1.54) is 10.8 Å². The van der Waals surface area contributed by atoms with E-state index in [0.717, 1.165) is 42.9 Å². The van der Waals surface area contributed by atoms with E-state index >= 15 is 0 Å². The van der Waals surface area contributed by atoms with Gasteiger partial charge in [-0.2, -0.15) is 0 Å². The first-order valence-corrected chi connectivity index (χ1v) is 11.1. The van der Waals surface area contributed by atoms with Crippen molar-refractivity contribution >= 4 is 5.71 Å². The molecule has 4 fully saturated rings. The molecule has 0 aromatic carbocycles. The SMILES string of the molecule is CC(=NC1C[I-]1)C1=CCCC(NC=CN2CC3CC(C2)N3)=C1O. The molecule has 5 rings (SSSR count). The van der Waals surface area contributed by atoms with Crippen LogP contribution in [0.3, 0.4) is 0 Å². The summed E-state index contributed by atoms with van der Waals surface area (Å²) in [4.78, 5) is 7.06. The first kappa shape index (κ1) is 15.5. The first-order valence-electron chi connectivity index (χ1n) is 8.37. The van der Waals surface area contributed by atoms with Crippen LogP contribution < -0.4 is 31.8 Å². The van der Waals surface area contributed by atoms with Crippen LogP contribution in [0.25, 0.3) is 0 Å². The Morgan fingerprint density at radius 1 is 1.48 bits per heavy atom. The van der Waals surface area contributed by atoms with Crippen molar-refractivity contribution in [1.29, 1.82) is 0 Å². The van der Waals surface area contributed by atoms with Gasteiger partial charge in [0.05, 0.1) is 0 Å². The van der Waals surface area contributed by atoms with Crippen molar-refractivity contribution in [3.05, 3.63) is 35.5 Å². The van der Waals surface area contributed by atoms with E-state index < -0.39 is 0 Å². The Morgan fingerprint density at radius 3 is 2.91 bits per heavy atom. The average Bonchev–Trinajstić information content (AvgIpc) is 3.32. The van der Waals surface area contributed by atoms with Gasteiger partial charge >= 0.3 is 136 Å². The van der Waals surface area contributed by atoms with Gasteiger partial charge in [0.1, 0.15) is 0 Å². The van der Waals surface area contributed by atoms with Crippen LogP contribution in [0.15, 0.2) is 40.5 Å². The zero-order valence-corrected chi connectivity index (χ0v) is 15.6. The van der Waals surface area contributed by atoms with Gasteiger partial charge in [-0.1, -0.05) is 0 Å². The molecular weight excluding hydrogens is 403 g/mol. The molecule has 0 amide bonds. The molecule has 1 aliphatic carbocycles. The fraction of sp³-hybridized carbons (Fsp3) is 0.588. The molecule has 5 aliphatic rings. The molecule has 4 saturated heterocycles. The summed E-state index contributed by atoms with van der Waals surface area (Å²) in [5.74, 6) is 0.379. The average molecular weight is 427 g/mol. The van der Waals surface area contributed by atoms with Crippen molar-refractivity contribution in [2.75, 3.05) is 17.5 Å². The van der Waals surface area contributed by atoms with Gasteiger partial charge in [0.15, 0.2) is 0 Å². The summed E-state index contributed by atoms with van der Waals surface area (Å²) < 4.78 is 1.90. The maximum absolute atomic E-state index is 10.5. The molecule has 4 heterocycles. The normalized spacial score (nSPS) is 34.0. The van der Waals surface area contributed by atoms with Crippen molar-refractivity contribution < 1.29 is 26.3 Å². The number of aliphatic hydroxyl groups excluding tert-OH is 1. The minimum atomic E-state index is 0.324. The number of rotatable bonds is 5. The summed E-state index contributed by atoms with van der Waals surface area (Å²) in [6.07, 6.45) is 9.34. The van der Waals surface area contributed by atoms with E-state index in [1.54, 1.807) is 0 Å². The van der Waals surface area contributed by atoms with Crippen LogP contribution in [0.4, 0.5) is 0 Å². The molecule has 2 bridgehead atoms. The van der Waals surface area contributed by atoms with Crippen LogP contribution in [0.5, 0.6) is 0 Å². The van der Waals surface area contributed by atoms with E-state index in [4.69, 9.17) is 4.99 Å². The molecule has 126 valence electrons. The molecular formula is C17H24IN4O-. The first-order chi connectivity index (χ1) is 11.2. The predicted molar refractivity (Wildman–Crippen MR) is 87.9 cm³/mol. The monoisotopic (exact) mass is 427 g/mol. The molecule has 23 heavy (non-hydrogen) atoms. The number of piperidine rings is 1. The predicted octanol–water partition coefficient (Wildman–Crippen LogP) is -1.53. The summed E-state index contributed by atoms with van der Waals surface area (Å²) in [6, 6.07) is 1.33. The number of alkyl halides is 2. The number of hydrogen-bond acceptors (Lipinski definition) is 5. The number of hydrogen-bond donors (Lipinski definition) is 3. The quantitative estimate of drug-likeness (QED) is 0.216. The molecule has 5 nitrogen and oxygen atoms in total. The maximum atomic E-state index is 10.5. The summed E-state index contributed by atoms with van der Waals surface area (Å²) in [5, 5.41) is 17.4. The van der Waals surface area contributed by atoms with E-state index in [0.29, 0.717) is 43.1 Å². The van der Waals surface area contributed by atoms with Gasteiger partial charge in [-0.05, 0) is 6.42 Å². The van der Waals surface area contributed by atoms with Gasteiger partial charge in [0, 0.05) is 0 Å². The molecule has 0 aromatic rings. The van der Waals surface area contributed by atoms with E-state index in [2.05, 4.69) is 27.8 Å². The molecule has 6 heteroatoms. The second kappa shape index (κ2) is 6.47. The summed E-state index contributed by atoms with van der Waals surface area (Å²) in [6.45, 7) is 4.19. The summed E-state index contributed by atoms with van der Waals surface area (Å²) in [7, 11) is 0. The minimum absolute atomic E-state index is 0.324. The second-order valence-corrected chi connectivity index (χ2v) is 9.85. The van der Waals surface area contributed by atoms with Gasteiger partial charge in [-0.25, -0.2) is 0 Å². The number of halogens is 1. The Hall–Kier alpha value is -1.02. The molecule has 0 aromatic heterocycles. The van der Waals surface area contributed by atoms with Crippen LogP contribution in [-0.2, 0) is 0 Å². The molecule has 0 radical (unpaired) electrons. The third-order valence-electron chi connectivity index (χ3n) is 4.79. The van der Waals surface area contributed by atoms with Crippen molar-refractivity contribution in [3.63, 3.8) is 0 Å². The Labute approximate surface area is 147 Å². The van der Waals surface area contributed by atoms with E-state index in [-0.39, 0.29) is 0 Å². The van der Waals surface area contributed by atoms with E-state index in [1.807, 2.05) is 13.1 Å². The van der Waals surface area contributed by atoms with Crippen LogP contribution >= 0.6 is 0 Å².